The Bertz CT molecular complexity index is 642. The van der Waals surface area contributed by atoms with Crippen molar-refractivity contribution in [1.82, 2.24) is 5.43 Å². The third-order valence-corrected chi connectivity index (χ3v) is 2.86. The summed E-state index contributed by atoms with van der Waals surface area (Å²) < 4.78 is 5.18. The van der Waals surface area contributed by atoms with Gasteiger partial charge in [-0.3, -0.25) is 0 Å². The molecule has 108 valence electrons. The van der Waals surface area contributed by atoms with E-state index in [1.165, 1.54) is 6.21 Å². The zero-order valence-electron chi connectivity index (χ0n) is 11.3. The first-order valence-corrected chi connectivity index (χ1v) is 6.55. The van der Waals surface area contributed by atoms with Crippen molar-refractivity contribution in [2.45, 2.75) is 0 Å². The molecule has 2 N–H and O–H groups in total. The van der Waals surface area contributed by atoms with Crippen molar-refractivity contribution in [1.29, 1.82) is 0 Å². The number of nitrogens with zero attached hydrogens (tertiary/aromatic N) is 1. The second-order valence-electron chi connectivity index (χ2n) is 4.07. The average molecular weight is 304 g/mol. The molecular weight excluding hydrogens is 290 g/mol. The highest BCUT2D eigenvalue weighted by Crippen LogP contribution is 2.15. The van der Waals surface area contributed by atoms with Crippen LogP contribution in [0.3, 0.4) is 0 Å². The van der Waals surface area contributed by atoms with Gasteiger partial charge in [0.1, 0.15) is 5.75 Å². The van der Waals surface area contributed by atoms with E-state index in [9.17, 15) is 4.79 Å². The van der Waals surface area contributed by atoms with Crippen LogP contribution in [0.25, 0.3) is 0 Å². The minimum atomic E-state index is -0.441. The third kappa shape index (κ3) is 4.50. The number of hydrazone groups is 1. The second-order valence-corrected chi connectivity index (χ2v) is 4.51. The molecule has 0 heterocycles. The summed E-state index contributed by atoms with van der Waals surface area (Å²) in [7, 11) is 1.58. The van der Waals surface area contributed by atoms with Crippen LogP contribution < -0.4 is 15.5 Å². The molecule has 0 saturated heterocycles. The number of nitrogens with one attached hydrogen (secondary N) is 2. The Balaban J connectivity index is 1.91. The molecule has 6 heteroatoms. The maximum absolute atomic E-state index is 11.6. The third-order valence-electron chi connectivity index (χ3n) is 2.61. The molecule has 0 saturated carbocycles. The van der Waals surface area contributed by atoms with Crippen molar-refractivity contribution in [3.63, 3.8) is 0 Å². The fraction of sp³-hybridized carbons (Fsp3) is 0.0667. The number of halogens is 1. The first kappa shape index (κ1) is 14.9. The number of hydrogen-bond acceptors (Lipinski definition) is 3. The number of amides is 2. The highest BCUT2D eigenvalue weighted by Gasteiger charge is 2.00. The maximum atomic E-state index is 11.6. The predicted molar refractivity (Wildman–Crippen MR) is 84.2 cm³/mol. The van der Waals surface area contributed by atoms with Crippen molar-refractivity contribution in [2.75, 3.05) is 12.4 Å². The number of carbonyl (C=O) groups is 1. The van der Waals surface area contributed by atoms with Gasteiger partial charge in [0, 0.05) is 16.3 Å². The molecule has 0 fully saturated rings. The molecule has 0 aliphatic rings. The molecule has 0 atom stereocenters. The lowest BCUT2D eigenvalue weighted by molar-refractivity contribution is 0.252. The van der Waals surface area contributed by atoms with E-state index in [2.05, 4.69) is 15.8 Å². The molecule has 0 unspecified atom stereocenters. The molecule has 0 aromatic heterocycles. The van der Waals surface area contributed by atoms with Gasteiger partial charge in [-0.15, -0.1) is 0 Å². The lowest BCUT2D eigenvalue weighted by Crippen LogP contribution is -2.24. The summed E-state index contributed by atoms with van der Waals surface area (Å²) in [5.74, 6) is 0.682. The van der Waals surface area contributed by atoms with Gasteiger partial charge in [-0.1, -0.05) is 23.7 Å². The van der Waals surface area contributed by atoms with Crippen LogP contribution in [0.1, 0.15) is 5.56 Å². The van der Waals surface area contributed by atoms with Gasteiger partial charge in [0.15, 0.2) is 0 Å². The van der Waals surface area contributed by atoms with Gasteiger partial charge >= 0.3 is 6.03 Å². The first-order chi connectivity index (χ1) is 10.2. The van der Waals surface area contributed by atoms with E-state index in [4.69, 9.17) is 16.3 Å². The maximum Gasteiger partial charge on any atom is 0.339 e. The molecule has 2 rings (SSSR count). The second kappa shape index (κ2) is 7.31. The van der Waals surface area contributed by atoms with E-state index < -0.39 is 6.03 Å². The van der Waals surface area contributed by atoms with E-state index in [1.807, 2.05) is 24.3 Å². The van der Waals surface area contributed by atoms with Gasteiger partial charge in [-0.2, -0.15) is 5.10 Å². The van der Waals surface area contributed by atoms with E-state index in [0.29, 0.717) is 16.5 Å². The SMILES string of the molecule is COc1ccccc1/C=N\NC(=O)Nc1ccc(Cl)cc1. The molecule has 0 aliphatic carbocycles. The summed E-state index contributed by atoms with van der Waals surface area (Å²) in [6.45, 7) is 0. The van der Waals surface area contributed by atoms with Crippen LogP contribution in [0.4, 0.5) is 10.5 Å². The molecule has 2 amide bonds. The number of carbonyl (C=O) groups excluding carboxylic acids is 1. The van der Waals surface area contributed by atoms with Gasteiger partial charge < -0.3 is 10.1 Å². The van der Waals surface area contributed by atoms with Crippen LogP contribution in [0.15, 0.2) is 53.6 Å². The zero-order chi connectivity index (χ0) is 15.1. The highest BCUT2D eigenvalue weighted by atomic mass is 35.5. The van der Waals surface area contributed by atoms with E-state index in [0.717, 1.165) is 5.56 Å². The number of ether oxygens (including phenoxy) is 1. The van der Waals surface area contributed by atoms with Crippen LogP contribution >= 0.6 is 11.6 Å². The monoisotopic (exact) mass is 303 g/mol. The minimum Gasteiger partial charge on any atom is -0.496 e. The molecule has 2 aromatic rings. The minimum absolute atomic E-state index is 0.441. The molecular formula is C15H14ClN3O2. The van der Waals surface area contributed by atoms with Gasteiger partial charge in [0.25, 0.3) is 0 Å². The summed E-state index contributed by atoms with van der Waals surface area (Å²) >= 11 is 5.76. The molecule has 0 aliphatic heterocycles. The molecule has 5 nitrogen and oxygen atoms in total. The quantitative estimate of drug-likeness (QED) is 0.670. The topological polar surface area (TPSA) is 62.7 Å². The number of anilines is 1. The normalized spacial score (nSPS) is 10.4. The summed E-state index contributed by atoms with van der Waals surface area (Å²) in [4.78, 5) is 11.6. The Hall–Kier alpha value is -2.53. The molecule has 0 bridgehead atoms. The van der Waals surface area contributed by atoms with E-state index >= 15 is 0 Å². The molecule has 2 aromatic carbocycles. The molecule has 21 heavy (non-hydrogen) atoms. The van der Waals surface area contributed by atoms with Crippen molar-refractivity contribution in [2.24, 2.45) is 5.10 Å². The summed E-state index contributed by atoms with van der Waals surface area (Å²) in [5, 5.41) is 7.11. The zero-order valence-corrected chi connectivity index (χ0v) is 12.1. The van der Waals surface area contributed by atoms with Crippen molar-refractivity contribution in [3.8, 4) is 5.75 Å². The Morgan fingerprint density at radius 2 is 1.90 bits per heavy atom. The molecule has 0 spiro atoms. The fourth-order valence-corrected chi connectivity index (χ4v) is 1.75. The summed E-state index contributed by atoms with van der Waals surface area (Å²) in [6, 6.07) is 13.7. The van der Waals surface area contributed by atoms with E-state index in [1.54, 1.807) is 31.4 Å². The van der Waals surface area contributed by atoms with Crippen LogP contribution in [0.5, 0.6) is 5.75 Å². The van der Waals surface area contributed by atoms with Crippen molar-refractivity contribution in [3.05, 3.63) is 59.1 Å². The van der Waals surface area contributed by atoms with Gasteiger partial charge in [-0.05, 0) is 36.4 Å². The number of para-hydroxylation sites is 1. The van der Waals surface area contributed by atoms with Crippen LogP contribution in [0, 0.1) is 0 Å². The smallest absolute Gasteiger partial charge is 0.339 e. The van der Waals surface area contributed by atoms with Crippen LogP contribution in [-0.4, -0.2) is 19.4 Å². The standard InChI is InChI=1S/C15H14ClN3O2/c1-21-14-5-3-2-4-11(14)10-17-19-15(20)18-13-8-6-12(16)7-9-13/h2-10H,1H3,(H2,18,19,20)/b17-10-. The largest absolute Gasteiger partial charge is 0.496 e. The Labute approximate surface area is 127 Å². The van der Waals surface area contributed by atoms with E-state index in [-0.39, 0.29) is 0 Å². The van der Waals surface area contributed by atoms with Crippen LogP contribution in [-0.2, 0) is 0 Å². The Kier molecular flexibility index (Phi) is 5.17. The number of urea groups is 1. The van der Waals surface area contributed by atoms with Gasteiger partial charge in [-0.25, -0.2) is 10.2 Å². The van der Waals surface area contributed by atoms with Crippen molar-refractivity contribution < 1.29 is 9.53 Å². The lowest BCUT2D eigenvalue weighted by Gasteiger charge is -2.05. The number of benzene rings is 2. The molecule has 0 radical (unpaired) electrons. The summed E-state index contributed by atoms with van der Waals surface area (Å²) in [5.41, 5.74) is 3.78. The highest BCUT2D eigenvalue weighted by molar-refractivity contribution is 6.30. The van der Waals surface area contributed by atoms with Gasteiger partial charge in [0.05, 0.1) is 13.3 Å². The van der Waals surface area contributed by atoms with Crippen LogP contribution in [0.2, 0.25) is 5.02 Å². The predicted octanol–water partition coefficient (Wildman–Crippen LogP) is 3.50. The first-order valence-electron chi connectivity index (χ1n) is 6.17. The fourth-order valence-electron chi connectivity index (χ4n) is 1.63. The average Bonchev–Trinajstić information content (AvgIpc) is 2.50. The van der Waals surface area contributed by atoms with Gasteiger partial charge in [0.2, 0.25) is 0 Å². The Morgan fingerprint density at radius 3 is 2.62 bits per heavy atom. The lowest BCUT2D eigenvalue weighted by atomic mass is 10.2. The number of rotatable bonds is 4. The number of hydrogen-bond donors (Lipinski definition) is 2. The summed E-state index contributed by atoms with van der Waals surface area (Å²) in [6.07, 6.45) is 1.51. The van der Waals surface area contributed by atoms with Crippen molar-refractivity contribution >= 4 is 29.5 Å². The Morgan fingerprint density at radius 1 is 1.19 bits per heavy atom. The number of methoxy groups -OCH3 is 1.